The Kier molecular flexibility index (Phi) is 11.1. The number of ether oxygens (including phenoxy) is 4. The van der Waals surface area contributed by atoms with Gasteiger partial charge in [0.2, 0.25) is 0 Å². The lowest BCUT2D eigenvalue weighted by atomic mass is 10.2. The zero-order valence-electron chi connectivity index (χ0n) is 14.7. The largest absolute Gasteiger partial charge is 0.377 e. The van der Waals surface area contributed by atoms with Crippen molar-refractivity contribution in [3.63, 3.8) is 0 Å². The molecule has 26 heavy (non-hydrogen) atoms. The summed E-state index contributed by atoms with van der Waals surface area (Å²) in [6, 6.07) is 16.2. The molecule has 0 fully saturated rings. The fourth-order valence-corrected chi connectivity index (χ4v) is 2.63. The van der Waals surface area contributed by atoms with Crippen molar-refractivity contribution in [1.29, 1.82) is 0 Å². The summed E-state index contributed by atoms with van der Waals surface area (Å²) in [5.41, 5.74) is 2.30. The van der Waals surface area contributed by atoms with Crippen LogP contribution in [0.3, 0.4) is 0 Å². The molecule has 142 valence electrons. The molecule has 0 saturated heterocycles. The molecule has 0 heterocycles. The van der Waals surface area contributed by atoms with E-state index in [9.17, 15) is 0 Å². The maximum absolute atomic E-state index is 5.56. The summed E-state index contributed by atoms with van der Waals surface area (Å²) >= 11 is 6.83. The SMILES string of the molecule is Brc1ccc(COCCOCCOCCOCc2ccc(Br)cc2)cc1. The third kappa shape index (κ3) is 9.80. The molecule has 2 aromatic carbocycles. The molecule has 0 spiro atoms. The van der Waals surface area contributed by atoms with Crippen LogP contribution in [0.15, 0.2) is 57.5 Å². The molecule has 0 aromatic heterocycles. The van der Waals surface area contributed by atoms with Gasteiger partial charge in [0, 0.05) is 8.95 Å². The maximum atomic E-state index is 5.56. The summed E-state index contributed by atoms with van der Waals surface area (Å²) in [7, 11) is 0. The Labute approximate surface area is 172 Å². The molecule has 2 aromatic rings. The van der Waals surface area contributed by atoms with Gasteiger partial charge in [-0.05, 0) is 35.4 Å². The number of halogens is 2. The first-order chi connectivity index (χ1) is 12.7. The van der Waals surface area contributed by atoms with E-state index in [2.05, 4.69) is 31.9 Å². The van der Waals surface area contributed by atoms with Crippen molar-refractivity contribution in [3.05, 3.63) is 68.6 Å². The first-order valence-corrected chi connectivity index (χ1v) is 10.1. The molecule has 0 N–H and O–H groups in total. The lowest BCUT2D eigenvalue weighted by molar-refractivity contribution is -0.00618. The van der Waals surface area contributed by atoms with Crippen LogP contribution in [0.4, 0.5) is 0 Å². The van der Waals surface area contributed by atoms with Crippen molar-refractivity contribution >= 4 is 31.9 Å². The summed E-state index contributed by atoms with van der Waals surface area (Å²) < 4.78 is 24.2. The molecule has 0 aliphatic carbocycles. The topological polar surface area (TPSA) is 36.9 Å². The summed E-state index contributed by atoms with van der Waals surface area (Å²) in [5.74, 6) is 0. The zero-order valence-corrected chi connectivity index (χ0v) is 17.8. The molecule has 0 aliphatic heterocycles. The van der Waals surface area contributed by atoms with Gasteiger partial charge in [-0.15, -0.1) is 0 Å². The van der Waals surface area contributed by atoms with Crippen LogP contribution in [0, 0.1) is 0 Å². The predicted octanol–water partition coefficient (Wildman–Crippen LogP) is 4.98. The van der Waals surface area contributed by atoms with E-state index >= 15 is 0 Å². The highest BCUT2D eigenvalue weighted by atomic mass is 79.9. The lowest BCUT2D eigenvalue weighted by Gasteiger charge is -2.08. The number of benzene rings is 2. The molecule has 0 bridgehead atoms. The molecular weight excluding hydrogens is 464 g/mol. The van der Waals surface area contributed by atoms with Gasteiger partial charge in [0.05, 0.1) is 52.9 Å². The predicted molar refractivity (Wildman–Crippen MR) is 109 cm³/mol. The van der Waals surface area contributed by atoms with Crippen molar-refractivity contribution in [2.75, 3.05) is 39.6 Å². The Hall–Kier alpha value is -0.760. The Balaban J connectivity index is 1.35. The van der Waals surface area contributed by atoms with Crippen molar-refractivity contribution in [2.45, 2.75) is 13.2 Å². The first kappa shape index (κ1) is 21.5. The molecule has 0 aliphatic rings. The van der Waals surface area contributed by atoms with E-state index in [1.54, 1.807) is 0 Å². The molecule has 2 rings (SSSR count). The zero-order chi connectivity index (χ0) is 18.5. The van der Waals surface area contributed by atoms with E-state index in [0.29, 0.717) is 52.9 Å². The molecule has 6 heteroatoms. The minimum atomic E-state index is 0.564. The van der Waals surface area contributed by atoms with Crippen molar-refractivity contribution in [3.8, 4) is 0 Å². The fraction of sp³-hybridized carbons (Fsp3) is 0.400. The summed E-state index contributed by atoms with van der Waals surface area (Å²) in [5, 5.41) is 0. The standard InChI is InChI=1S/C20H24Br2O4/c21-19-5-1-17(2-6-19)15-25-13-11-23-9-10-24-12-14-26-16-18-3-7-20(22)8-4-18/h1-8H,9-16H2. The van der Waals surface area contributed by atoms with Gasteiger partial charge >= 0.3 is 0 Å². The number of rotatable bonds is 13. The van der Waals surface area contributed by atoms with Gasteiger partial charge in [-0.2, -0.15) is 0 Å². The molecule has 0 unspecified atom stereocenters. The first-order valence-electron chi connectivity index (χ1n) is 8.54. The van der Waals surface area contributed by atoms with Gasteiger partial charge in [0.25, 0.3) is 0 Å². The molecular formula is C20H24Br2O4. The van der Waals surface area contributed by atoms with E-state index in [1.165, 1.54) is 0 Å². The highest BCUT2D eigenvalue weighted by molar-refractivity contribution is 9.10. The van der Waals surface area contributed by atoms with Gasteiger partial charge in [0.1, 0.15) is 0 Å². The summed E-state index contributed by atoms with van der Waals surface area (Å²) in [6.07, 6.45) is 0. The minimum Gasteiger partial charge on any atom is -0.377 e. The highest BCUT2D eigenvalue weighted by Crippen LogP contribution is 2.11. The third-order valence-corrected chi connectivity index (χ3v) is 4.54. The molecule has 0 radical (unpaired) electrons. The Bertz CT molecular complexity index is 547. The van der Waals surface area contributed by atoms with E-state index < -0.39 is 0 Å². The normalized spacial score (nSPS) is 11.0. The minimum absolute atomic E-state index is 0.564. The van der Waals surface area contributed by atoms with E-state index in [4.69, 9.17) is 18.9 Å². The molecule has 0 saturated carbocycles. The fourth-order valence-electron chi connectivity index (χ4n) is 2.10. The second-order valence-corrected chi connectivity index (χ2v) is 7.41. The summed E-state index contributed by atoms with van der Waals surface area (Å²) in [6.45, 7) is 4.62. The van der Waals surface area contributed by atoms with Crippen molar-refractivity contribution in [1.82, 2.24) is 0 Å². The molecule has 0 amide bonds. The monoisotopic (exact) mass is 486 g/mol. The average Bonchev–Trinajstić information content (AvgIpc) is 2.65. The van der Waals surface area contributed by atoms with Crippen LogP contribution in [0.25, 0.3) is 0 Å². The Morgan fingerprint density at radius 3 is 1.12 bits per heavy atom. The van der Waals surface area contributed by atoms with Gasteiger partial charge in [-0.3, -0.25) is 0 Å². The van der Waals surface area contributed by atoms with Crippen molar-refractivity contribution in [2.24, 2.45) is 0 Å². The molecule has 0 atom stereocenters. The van der Waals surface area contributed by atoms with Crippen LogP contribution in [0.5, 0.6) is 0 Å². The second kappa shape index (κ2) is 13.4. The van der Waals surface area contributed by atoms with E-state index in [0.717, 1.165) is 20.1 Å². The lowest BCUT2D eigenvalue weighted by Crippen LogP contribution is -2.11. The van der Waals surface area contributed by atoms with Crippen LogP contribution in [0.1, 0.15) is 11.1 Å². The third-order valence-electron chi connectivity index (χ3n) is 3.48. The smallest absolute Gasteiger partial charge is 0.0718 e. The van der Waals surface area contributed by atoms with Crippen LogP contribution in [0.2, 0.25) is 0 Å². The maximum Gasteiger partial charge on any atom is 0.0718 e. The second-order valence-electron chi connectivity index (χ2n) is 5.58. The van der Waals surface area contributed by atoms with Gasteiger partial charge in [0.15, 0.2) is 0 Å². The van der Waals surface area contributed by atoms with Crippen molar-refractivity contribution < 1.29 is 18.9 Å². The average molecular weight is 488 g/mol. The number of hydrogen-bond donors (Lipinski definition) is 0. The van der Waals surface area contributed by atoms with Gasteiger partial charge in [-0.25, -0.2) is 0 Å². The van der Waals surface area contributed by atoms with Crippen LogP contribution < -0.4 is 0 Å². The van der Waals surface area contributed by atoms with Gasteiger partial charge in [-0.1, -0.05) is 56.1 Å². The quantitative estimate of drug-likeness (QED) is 0.373. The van der Waals surface area contributed by atoms with E-state index in [1.807, 2.05) is 48.5 Å². The van der Waals surface area contributed by atoms with Crippen LogP contribution >= 0.6 is 31.9 Å². The Morgan fingerprint density at radius 2 is 0.769 bits per heavy atom. The number of hydrogen-bond acceptors (Lipinski definition) is 4. The van der Waals surface area contributed by atoms with Crippen LogP contribution in [-0.2, 0) is 32.2 Å². The molecule has 4 nitrogen and oxygen atoms in total. The van der Waals surface area contributed by atoms with Crippen LogP contribution in [-0.4, -0.2) is 39.6 Å². The van der Waals surface area contributed by atoms with E-state index in [-0.39, 0.29) is 0 Å². The Morgan fingerprint density at radius 1 is 0.462 bits per heavy atom. The summed E-state index contributed by atoms with van der Waals surface area (Å²) in [4.78, 5) is 0. The highest BCUT2D eigenvalue weighted by Gasteiger charge is 1.96. The van der Waals surface area contributed by atoms with Gasteiger partial charge < -0.3 is 18.9 Å².